The van der Waals surface area contributed by atoms with Crippen molar-refractivity contribution >= 4 is 40.7 Å². The number of halogens is 2. The summed E-state index contributed by atoms with van der Waals surface area (Å²) in [6.07, 6.45) is 1.42. The average molecular weight is 531 g/mol. The molecule has 0 radical (unpaired) electrons. The van der Waals surface area contributed by atoms with E-state index in [2.05, 4.69) is 4.90 Å². The molecule has 2 fully saturated rings. The maximum atomic E-state index is 13.3. The number of ketones is 1. The van der Waals surface area contributed by atoms with Gasteiger partial charge >= 0.3 is 0 Å². The zero-order valence-electron chi connectivity index (χ0n) is 20.0. The zero-order valence-corrected chi connectivity index (χ0v) is 21.5. The van der Waals surface area contributed by atoms with E-state index >= 15 is 0 Å². The zero-order chi connectivity index (χ0) is 25.4. The van der Waals surface area contributed by atoms with Crippen LogP contribution in [-0.4, -0.2) is 72.1 Å². The number of aliphatic hydroxyl groups is 1. The standard InChI is InChI=1S/C27H28Cl2N2O5/c1-16-13-18-14-17(3-6-22(18)36-16)25(32)23-24(20-5-4-19(28)15-21(20)29)31(27(34)26(23)33)8-2-7-30-9-11-35-12-10-30/h3-6,14-16,24,32H,2,7-13H2,1H3/b25-23+. The number of aliphatic hydroxyl groups excluding tert-OH is 1. The third-order valence-corrected chi connectivity index (χ3v) is 7.51. The van der Waals surface area contributed by atoms with Crippen LogP contribution in [0.2, 0.25) is 10.0 Å². The first kappa shape index (κ1) is 25.1. The first-order valence-electron chi connectivity index (χ1n) is 12.2. The Morgan fingerprint density at radius 3 is 2.61 bits per heavy atom. The minimum atomic E-state index is -0.817. The molecular weight excluding hydrogens is 503 g/mol. The Bertz CT molecular complexity index is 1220. The van der Waals surface area contributed by atoms with E-state index in [1.165, 1.54) is 4.90 Å². The lowest BCUT2D eigenvalue weighted by molar-refractivity contribution is -0.140. The van der Waals surface area contributed by atoms with Gasteiger partial charge in [0, 0.05) is 48.2 Å². The molecule has 1 amide bonds. The number of Topliss-reactive ketones (excluding diaryl/α,β-unsaturated/α-hetero) is 1. The van der Waals surface area contributed by atoms with E-state index in [0.717, 1.165) is 30.9 Å². The second-order valence-electron chi connectivity index (χ2n) is 9.42. The molecule has 0 spiro atoms. The second-order valence-corrected chi connectivity index (χ2v) is 10.3. The molecular formula is C27H28Cl2N2O5. The molecule has 2 aromatic carbocycles. The number of carbonyl (C=O) groups is 2. The summed E-state index contributed by atoms with van der Waals surface area (Å²) < 4.78 is 11.2. The number of fused-ring (bicyclic) bond motifs is 1. The normalized spacial score (nSPS) is 23.7. The number of rotatable bonds is 6. The number of nitrogens with zero attached hydrogens (tertiary/aromatic N) is 2. The molecule has 36 heavy (non-hydrogen) atoms. The number of benzene rings is 2. The monoisotopic (exact) mass is 530 g/mol. The Labute approximate surface area is 220 Å². The lowest BCUT2D eigenvalue weighted by Crippen LogP contribution is -2.39. The van der Waals surface area contributed by atoms with E-state index in [-0.39, 0.29) is 17.4 Å². The van der Waals surface area contributed by atoms with Gasteiger partial charge in [-0.2, -0.15) is 0 Å². The first-order chi connectivity index (χ1) is 17.3. The maximum Gasteiger partial charge on any atom is 0.295 e. The van der Waals surface area contributed by atoms with Gasteiger partial charge in [-0.1, -0.05) is 29.3 Å². The Morgan fingerprint density at radius 2 is 1.86 bits per heavy atom. The largest absolute Gasteiger partial charge is 0.507 e. The predicted molar refractivity (Wildman–Crippen MR) is 138 cm³/mol. The summed E-state index contributed by atoms with van der Waals surface area (Å²) in [5.74, 6) is -0.824. The fourth-order valence-electron chi connectivity index (χ4n) is 5.17. The van der Waals surface area contributed by atoms with E-state index in [9.17, 15) is 14.7 Å². The van der Waals surface area contributed by atoms with Crippen LogP contribution in [0.5, 0.6) is 5.75 Å². The topological polar surface area (TPSA) is 79.3 Å². The number of amides is 1. The molecule has 3 aliphatic rings. The van der Waals surface area contributed by atoms with Gasteiger partial charge in [-0.25, -0.2) is 0 Å². The molecule has 3 aliphatic heterocycles. The van der Waals surface area contributed by atoms with Crippen LogP contribution in [0.3, 0.4) is 0 Å². The van der Waals surface area contributed by atoms with Gasteiger partial charge in [0.1, 0.15) is 17.6 Å². The molecule has 5 rings (SSSR count). The highest BCUT2D eigenvalue weighted by molar-refractivity contribution is 6.47. The van der Waals surface area contributed by atoms with Crippen LogP contribution in [0, 0.1) is 0 Å². The Balaban J connectivity index is 1.51. The van der Waals surface area contributed by atoms with Gasteiger partial charge in [0.25, 0.3) is 11.7 Å². The number of hydrogen-bond donors (Lipinski definition) is 1. The number of hydrogen-bond acceptors (Lipinski definition) is 6. The van der Waals surface area contributed by atoms with Crippen LogP contribution in [-0.2, 0) is 20.7 Å². The minimum absolute atomic E-state index is 0.0301. The molecule has 2 saturated heterocycles. The molecule has 7 nitrogen and oxygen atoms in total. The highest BCUT2D eigenvalue weighted by Crippen LogP contribution is 2.43. The van der Waals surface area contributed by atoms with E-state index in [1.54, 1.807) is 30.3 Å². The highest BCUT2D eigenvalue weighted by Gasteiger charge is 2.46. The van der Waals surface area contributed by atoms with Crippen molar-refractivity contribution in [1.82, 2.24) is 9.80 Å². The highest BCUT2D eigenvalue weighted by atomic mass is 35.5. The molecule has 2 unspecified atom stereocenters. The van der Waals surface area contributed by atoms with Crippen molar-refractivity contribution < 1.29 is 24.2 Å². The summed E-state index contributed by atoms with van der Waals surface area (Å²) in [5, 5.41) is 12.2. The quantitative estimate of drug-likeness (QED) is 0.337. The average Bonchev–Trinajstić information content (AvgIpc) is 3.35. The lowest BCUT2D eigenvalue weighted by Gasteiger charge is -2.29. The molecule has 9 heteroatoms. The van der Waals surface area contributed by atoms with E-state index in [4.69, 9.17) is 32.7 Å². The molecule has 0 saturated carbocycles. The fourth-order valence-corrected chi connectivity index (χ4v) is 5.68. The second kappa shape index (κ2) is 10.4. The van der Waals surface area contributed by atoms with Gasteiger partial charge in [-0.15, -0.1) is 0 Å². The predicted octanol–water partition coefficient (Wildman–Crippen LogP) is 4.46. The Hall–Kier alpha value is -2.58. The van der Waals surface area contributed by atoms with Crippen LogP contribution >= 0.6 is 23.2 Å². The van der Waals surface area contributed by atoms with Crippen molar-refractivity contribution in [2.75, 3.05) is 39.4 Å². The van der Waals surface area contributed by atoms with Crippen molar-refractivity contribution in [1.29, 1.82) is 0 Å². The number of carbonyl (C=O) groups excluding carboxylic acids is 2. The van der Waals surface area contributed by atoms with E-state index < -0.39 is 17.7 Å². The maximum absolute atomic E-state index is 13.3. The van der Waals surface area contributed by atoms with Crippen molar-refractivity contribution in [2.45, 2.75) is 31.9 Å². The van der Waals surface area contributed by atoms with Crippen molar-refractivity contribution in [3.8, 4) is 5.75 Å². The summed E-state index contributed by atoms with van der Waals surface area (Å²) in [7, 11) is 0. The van der Waals surface area contributed by atoms with Crippen molar-refractivity contribution in [3.63, 3.8) is 0 Å². The number of ether oxygens (including phenoxy) is 2. The number of likely N-dealkylation sites (tertiary alicyclic amines) is 1. The SMILES string of the molecule is CC1Cc2cc(/C(O)=C3\C(=O)C(=O)N(CCCN4CCOCC4)C3c3ccc(Cl)cc3Cl)ccc2O1. The van der Waals surface area contributed by atoms with Crippen LogP contribution in [0.25, 0.3) is 5.76 Å². The van der Waals surface area contributed by atoms with E-state index in [1.807, 2.05) is 13.0 Å². The summed E-state index contributed by atoms with van der Waals surface area (Å²) in [6.45, 7) is 6.15. The van der Waals surface area contributed by atoms with Gasteiger partial charge in [0.2, 0.25) is 0 Å². The van der Waals surface area contributed by atoms with Crippen molar-refractivity contribution in [2.24, 2.45) is 0 Å². The third kappa shape index (κ3) is 4.85. The molecule has 190 valence electrons. The van der Waals surface area contributed by atoms with Crippen LogP contribution in [0.15, 0.2) is 42.0 Å². The van der Waals surface area contributed by atoms with Crippen LogP contribution in [0.4, 0.5) is 0 Å². The van der Waals surface area contributed by atoms with Gasteiger partial charge in [-0.05, 0) is 54.8 Å². The molecule has 3 heterocycles. The summed E-state index contributed by atoms with van der Waals surface area (Å²) in [4.78, 5) is 30.3. The molecule has 0 aliphatic carbocycles. The third-order valence-electron chi connectivity index (χ3n) is 6.94. The summed E-state index contributed by atoms with van der Waals surface area (Å²) in [6, 6.07) is 9.46. The minimum Gasteiger partial charge on any atom is -0.507 e. The van der Waals surface area contributed by atoms with Crippen molar-refractivity contribution in [3.05, 3.63) is 68.7 Å². The molecule has 1 N–H and O–H groups in total. The van der Waals surface area contributed by atoms with Crippen LogP contribution in [0.1, 0.15) is 36.1 Å². The Morgan fingerprint density at radius 1 is 1.08 bits per heavy atom. The molecule has 0 bridgehead atoms. The smallest absolute Gasteiger partial charge is 0.295 e. The Kier molecular flexibility index (Phi) is 7.26. The summed E-state index contributed by atoms with van der Waals surface area (Å²) in [5.41, 5.74) is 1.99. The molecule has 2 aromatic rings. The van der Waals surface area contributed by atoms with Gasteiger partial charge in [0.05, 0.1) is 24.8 Å². The lowest BCUT2D eigenvalue weighted by atomic mass is 9.94. The molecule has 2 atom stereocenters. The first-order valence-corrected chi connectivity index (χ1v) is 12.9. The summed E-state index contributed by atoms with van der Waals surface area (Å²) >= 11 is 12.7. The fraction of sp³-hybridized carbons (Fsp3) is 0.407. The van der Waals surface area contributed by atoms with Gasteiger partial charge in [-0.3, -0.25) is 14.5 Å². The van der Waals surface area contributed by atoms with Gasteiger partial charge in [0.15, 0.2) is 0 Å². The number of morpholine rings is 1. The van der Waals surface area contributed by atoms with Gasteiger partial charge < -0.3 is 19.5 Å². The molecule has 0 aromatic heterocycles. The van der Waals surface area contributed by atoms with E-state index in [0.29, 0.717) is 53.8 Å². The van der Waals surface area contributed by atoms with Crippen LogP contribution < -0.4 is 4.74 Å².